The molecule has 0 aliphatic carbocycles. The van der Waals surface area contributed by atoms with Gasteiger partial charge in [0, 0.05) is 22.6 Å². The summed E-state index contributed by atoms with van der Waals surface area (Å²) in [5.41, 5.74) is 6.04. The SMILES string of the molecule is Cc1nc2n(c1C)N=C(c1ccc(Cl)cc1)c1cc3c(cc1C2)OCO3. The van der Waals surface area contributed by atoms with Crippen molar-refractivity contribution in [1.29, 1.82) is 0 Å². The summed E-state index contributed by atoms with van der Waals surface area (Å²) in [6, 6.07) is 11.8. The van der Waals surface area contributed by atoms with E-state index in [4.69, 9.17) is 31.2 Å². The smallest absolute Gasteiger partial charge is 0.231 e. The van der Waals surface area contributed by atoms with Crippen LogP contribution in [0.4, 0.5) is 0 Å². The molecule has 26 heavy (non-hydrogen) atoms. The van der Waals surface area contributed by atoms with E-state index in [1.165, 1.54) is 0 Å². The first kappa shape index (κ1) is 15.5. The topological polar surface area (TPSA) is 48.6 Å². The molecule has 0 amide bonds. The highest BCUT2D eigenvalue weighted by atomic mass is 35.5. The Morgan fingerprint density at radius 1 is 1.04 bits per heavy atom. The summed E-state index contributed by atoms with van der Waals surface area (Å²) in [5.74, 6) is 2.44. The lowest BCUT2D eigenvalue weighted by Crippen LogP contribution is -2.07. The average molecular weight is 366 g/mol. The fraction of sp³-hybridized carbons (Fsp3) is 0.200. The second-order valence-corrected chi connectivity index (χ2v) is 6.94. The third kappa shape index (κ3) is 2.31. The second kappa shape index (κ2) is 5.61. The van der Waals surface area contributed by atoms with Crippen molar-refractivity contribution in [2.24, 2.45) is 5.10 Å². The predicted octanol–water partition coefficient (Wildman–Crippen LogP) is 4.09. The minimum atomic E-state index is 0.249. The van der Waals surface area contributed by atoms with Crippen LogP contribution in [0.25, 0.3) is 0 Å². The van der Waals surface area contributed by atoms with Crippen LogP contribution in [0, 0.1) is 13.8 Å². The third-order valence-electron chi connectivity index (χ3n) is 4.90. The molecule has 2 aromatic carbocycles. The molecular formula is C20H16ClN3O2. The van der Waals surface area contributed by atoms with Gasteiger partial charge >= 0.3 is 0 Å². The number of ether oxygens (including phenoxy) is 2. The van der Waals surface area contributed by atoms with Crippen LogP contribution < -0.4 is 9.47 Å². The number of hydrogen-bond donors (Lipinski definition) is 0. The molecule has 2 aliphatic rings. The molecule has 2 aliphatic heterocycles. The zero-order valence-corrected chi connectivity index (χ0v) is 15.2. The van der Waals surface area contributed by atoms with Crippen molar-refractivity contribution in [2.75, 3.05) is 6.79 Å². The van der Waals surface area contributed by atoms with Gasteiger partial charge in [-0.2, -0.15) is 5.10 Å². The van der Waals surface area contributed by atoms with Crippen molar-refractivity contribution in [3.63, 3.8) is 0 Å². The van der Waals surface area contributed by atoms with Crippen LogP contribution in [0.3, 0.4) is 0 Å². The number of nitrogens with zero attached hydrogens (tertiary/aromatic N) is 3. The summed E-state index contributed by atoms with van der Waals surface area (Å²) >= 11 is 6.08. The Hall–Kier alpha value is -2.79. The molecule has 130 valence electrons. The molecule has 3 heterocycles. The van der Waals surface area contributed by atoms with Crippen molar-refractivity contribution in [3.05, 3.63) is 75.3 Å². The number of imidazole rings is 1. The normalized spacial score (nSPS) is 14.5. The average Bonchev–Trinajstić information content (AvgIpc) is 3.14. The van der Waals surface area contributed by atoms with E-state index in [1.54, 1.807) is 0 Å². The summed E-state index contributed by atoms with van der Waals surface area (Å²) in [4.78, 5) is 4.71. The second-order valence-electron chi connectivity index (χ2n) is 6.51. The van der Waals surface area contributed by atoms with E-state index in [0.29, 0.717) is 11.4 Å². The van der Waals surface area contributed by atoms with Crippen molar-refractivity contribution < 1.29 is 9.47 Å². The van der Waals surface area contributed by atoms with Gasteiger partial charge in [0.25, 0.3) is 0 Å². The predicted molar refractivity (Wildman–Crippen MR) is 99.6 cm³/mol. The maximum absolute atomic E-state index is 6.08. The van der Waals surface area contributed by atoms with E-state index in [-0.39, 0.29) is 6.79 Å². The standard InChI is InChI=1S/C20H16ClN3O2/c1-11-12(2)24-19(22-11)8-14-7-17-18(26-10-25-17)9-16(14)20(23-24)13-3-5-15(21)6-4-13/h3-7,9H,8,10H2,1-2H3. The maximum Gasteiger partial charge on any atom is 0.231 e. The van der Waals surface area contributed by atoms with Gasteiger partial charge in [-0.25, -0.2) is 9.66 Å². The van der Waals surface area contributed by atoms with Crippen LogP contribution in [0.2, 0.25) is 5.02 Å². The van der Waals surface area contributed by atoms with E-state index in [1.807, 2.05) is 54.9 Å². The first-order valence-electron chi connectivity index (χ1n) is 8.43. The zero-order valence-electron chi connectivity index (χ0n) is 14.4. The number of hydrogen-bond acceptors (Lipinski definition) is 4. The lowest BCUT2D eigenvalue weighted by molar-refractivity contribution is 0.174. The monoisotopic (exact) mass is 365 g/mol. The van der Waals surface area contributed by atoms with E-state index in [0.717, 1.165) is 51.1 Å². The largest absolute Gasteiger partial charge is 0.454 e. The highest BCUT2D eigenvalue weighted by Gasteiger charge is 2.25. The zero-order chi connectivity index (χ0) is 17.8. The Morgan fingerprint density at radius 2 is 1.77 bits per heavy atom. The van der Waals surface area contributed by atoms with Crippen LogP contribution in [0.15, 0.2) is 41.5 Å². The van der Waals surface area contributed by atoms with Gasteiger partial charge in [-0.3, -0.25) is 0 Å². The highest BCUT2D eigenvalue weighted by Crippen LogP contribution is 2.37. The Kier molecular flexibility index (Phi) is 3.34. The lowest BCUT2D eigenvalue weighted by atomic mass is 9.95. The van der Waals surface area contributed by atoms with Gasteiger partial charge in [0.05, 0.1) is 17.1 Å². The van der Waals surface area contributed by atoms with Gasteiger partial charge in [-0.05, 0) is 43.7 Å². The molecular weight excluding hydrogens is 350 g/mol. The van der Waals surface area contributed by atoms with E-state index >= 15 is 0 Å². The van der Waals surface area contributed by atoms with Gasteiger partial charge in [0.1, 0.15) is 5.82 Å². The Balaban J connectivity index is 1.79. The van der Waals surface area contributed by atoms with Gasteiger partial charge in [-0.1, -0.05) is 23.7 Å². The van der Waals surface area contributed by atoms with Crippen LogP contribution in [-0.2, 0) is 6.42 Å². The highest BCUT2D eigenvalue weighted by molar-refractivity contribution is 6.30. The summed E-state index contributed by atoms with van der Waals surface area (Å²) in [5, 5.41) is 5.66. The van der Waals surface area contributed by atoms with Crippen molar-refractivity contribution in [2.45, 2.75) is 20.3 Å². The molecule has 5 nitrogen and oxygen atoms in total. The molecule has 0 saturated heterocycles. The summed E-state index contributed by atoms with van der Waals surface area (Å²) in [7, 11) is 0. The molecule has 0 bridgehead atoms. The third-order valence-corrected chi connectivity index (χ3v) is 5.15. The molecule has 3 aromatic rings. The summed E-state index contributed by atoms with van der Waals surface area (Å²) in [6.07, 6.45) is 0.682. The fourth-order valence-electron chi connectivity index (χ4n) is 3.41. The molecule has 1 aromatic heterocycles. The quantitative estimate of drug-likeness (QED) is 0.510. The summed E-state index contributed by atoms with van der Waals surface area (Å²) in [6.45, 7) is 4.30. The lowest BCUT2D eigenvalue weighted by Gasteiger charge is -2.11. The Labute approximate surface area is 155 Å². The fourth-order valence-corrected chi connectivity index (χ4v) is 3.54. The van der Waals surface area contributed by atoms with Crippen molar-refractivity contribution in [1.82, 2.24) is 9.66 Å². The first-order chi connectivity index (χ1) is 12.6. The van der Waals surface area contributed by atoms with Crippen LogP contribution >= 0.6 is 11.6 Å². The number of fused-ring (bicyclic) bond motifs is 3. The molecule has 0 N–H and O–H groups in total. The van der Waals surface area contributed by atoms with Gasteiger partial charge in [-0.15, -0.1) is 0 Å². The molecule has 0 unspecified atom stereocenters. The van der Waals surface area contributed by atoms with Crippen LogP contribution in [0.5, 0.6) is 11.5 Å². The number of rotatable bonds is 1. The van der Waals surface area contributed by atoms with Gasteiger partial charge in [0.2, 0.25) is 6.79 Å². The molecule has 5 rings (SSSR count). The van der Waals surface area contributed by atoms with Gasteiger partial charge < -0.3 is 9.47 Å². The van der Waals surface area contributed by atoms with Crippen molar-refractivity contribution in [3.8, 4) is 11.5 Å². The number of benzene rings is 2. The number of halogens is 1. The minimum absolute atomic E-state index is 0.249. The Morgan fingerprint density at radius 3 is 2.54 bits per heavy atom. The van der Waals surface area contributed by atoms with Crippen molar-refractivity contribution >= 4 is 17.3 Å². The van der Waals surface area contributed by atoms with Crippen LogP contribution in [0.1, 0.15) is 33.9 Å². The molecule has 0 atom stereocenters. The molecule has 0 saturated carbocycles. The van der Waals surface area contributed by atoms with E-state index < -0.39 is 0 Å². The first-order valence-corrected chi connectivity index (χ1v) is 8.80. The number of aryl methyl sites for hydroxylation is 1. The maximum atomic E-state index is 6.08. The molecule has 6 heteroatoms. The molecule has 0 spiro atoms. The van der Waals surface area contributed by atoms with E-state index in [2.05, 4.69) is 0 Å². The number of aromatic nitrogens is 2. The molecule has 0 fully saturated rings. The van der Waals surface area contributed by atoms with Crippen LogP contribution in [-0.4, -0.2) is 22.2 Å². The minimum Gasteiger partial charge on any atom is -0.454 e. The summed E-state index contributed by atoms with van der Waals surface area (Å²) < 4.78 is 13.1. The Bertz CT molecular complexity index is 1070. The van der Waals surface area contributed by atoms with Gasteiger partial charge in [0.15, 0.2) is 11.5 Å². The van der Waals surface area contributed by atoms with E-state index in [9.17, 15) is 0 Å². The molecule has 0 radical (unpaired) electrons.